The first-order chi connectivity index (χ1) is 8.84. The van der Waals surface area contributed by atoms with Crippen molar-refractivity contribution in [3.05, 3.63) is 23.8 Å². The van der Waals surface area contributed by atoms with Gasteiger partial charge >= 0.3 is 0 Å². The van der Waals surface area contributed by atoms with E-state index in [-0.39, 0.29) is 10.9 Å². The zero-order valence-electron chi connectivity index (χ0n) is 11.8. The molecule has 0 aromatic heterocycles. The zero-order valence-corrected chi connectivity index (χ0v) is 12.6. The van der Waals surface area contributed by atoms with Crippen LogP contribution in [0, 0.1) is 12.8 Å². The highest BCUT2D eigenvalue weighted by atomic mass is 32.2. The summed E-state index contributed by atoms with van der Waals surface area (Å²) in [6.45, 7) is 6.63. The average molecular weight is 282 g/mol. The van der Waals surface area contributed by atoms with E-state index < -0.39 is 10.0 Å². The Morgan fingerprint density at radius 3 is 2.63 bits per heavy atom. The summed E-state index contributed by atoms with van der Waals surface area (Å²) in [5.74, 6) is 0.323. The van der Waals surface area contributed by atoms with Crippen molar-refractivity contribution in [3.8, 4) is 0 Å². The first kappa shape index (κ1) is 14.3. The number of aryl methyl sites for hydroxylation is 1. The number of anilines is 1. The lowest BCUT2D eigenvalue weighted by atomic mass is 10.0. The number of hydrogen-bond acceptors (Lipinski definition) is 3. The van der Waals surface area contributed by atoms with Gasteiger partial charge in [-0.25, -0.2) is 8.42 Å². The van der Waals surface area contributed by atoms with Crippen molar-refractivity contribution in [2.75, 3.05) is 12.3 Å². The van der Waals surface area contributed by atoms with Crippen LogP contribution in [0.25, 0.3) is 0 Å². The molecule has 1 heterocycles. The maximum atomic E-state index is 12.7. The number of benzene rings is 1. The Balaban J connectivity index is 2.42. The Labute approximate surface area is 115 Å². The van der Waals surface area contributed by atoms with E-state index in [1.165, 1.54) is 0 Å². The van der Waals surface area contributed by atoms with Crippen molar-refractivity contribution in [2.45, 2.75) is 44.6 Å². The van der Waals surface area contributed by atoms with Crippen LogP contribution in [0.2, 0.25) is 0 Å². The smallest absolute Gasteiger partial charge is 0.245 e. The Morgan fingerprint density at radius 2 is 2.05 bits per heavy atom. The van der Waals surface area contributed by atoms with Crippen LogP contribution >= 0.6 is 0 Å². The molecular formula is C14H22N2O2S. The van der Waals surface area contributed by atoms with Gasteiger partial charge in [0.1, 0.15) is 4.90 Å². The van der Waals surface area contributed by atoms with E-state index in [0.717, 1.165) is 18.4 Å². The minimum absolute atomic E-state index is 0.0886. The van der Waals surface area contributed by atoms with Crippen molar-refractivity contribution in [1.82, 2.24) is 4.31 Å². The number of hydrogen-bond donors (Lipinski definition) is 1. The van der Waals surface area contributed by atoms with Gasteiger partial charge in [-0.1, -0.05) is 19.9 Å². The first-order valence-electron chi connectivity index (χ1n) is 6.72. The van der Waals surface area contributed by atoms with Crippen molar-refractivity contribution in [2.24, 2.45) is 5.92 Å². The van der Waals surface area contributed by atoms with Gasteiger partial charge in [0.25, 0.3) is 0 Å². The predicted molar refractivity (Wildman–Crippen MR) is 77.3 cm³/mol. The van der Waals surface area contributed by atoms with Gasteiger partial charge in [0.05, 0.1) is 5.69 Å². The largest absolute Gasteiger partial charge is 0.398 e. The van der Waals surface area contributed by atoms with Gasteiger partial charge in [-0.15, -0.1) is 0 Å². The summed E-state index contributed by atoms with van der Waals surface area (Å²) in [5, 5.41) is 0. The van der Waals surface area contributed by atoms with Crippen LogP contribution in [0.3, 0.4) is 0 Å². The van der Waals surface area contributed by atoms with E-state index in [9.17, 15) is 8.42 Å². The fraction of sp³-hybridized carbons (Fsp3) is 0.571. The minimum atomic E-state index is -3.47. The molecule has 0 bridgehead atoms. The molecule has 1 aliphatic rings. The van der Waals surface area contributed by atoms with Crippen LogP contribution in [-0.4, -0.2) is 25.3 Å². The normalized spacial score (nSPS) is 21.2. The summed E-state index contributed by atoms with van der Waals surface area (Å²) in [5.41, 5.74) is 7.20. The Hall–Kier alpha value is -1.07. The summed E-state index contributed by atoms with van der Waals surface area (Å²) < 4.78 is 27.1. The summed E-state index contributed by atoms with van der Waals surface area (Å²) in [4.78, 5) is 0.241. The van der Waals surface area contributed by atoms with Gasteiger partial charge in [-0.3, -0.25) is 0 Å². The molecule has 1 atom stereocenters. The molecule has 0 amide bonds. The highest BCUT2D eigenvalue weighted by Gasteiger charge is 2.37. The minimum Gasteiger partial charge on any atom is -0.398 e. The topological polar surface area (TPSA) is 63.4 Å². The van der Waals surface area contributed by atoms with Crippen molar-refractivity contribution in [1.29, 1.82) is 0 Å². The predicted octanol–water partition coefficient (Wildman–Crippen LogP) is 2.39. The molecular weight excluding hydrogens is 260 g/mol. The Kier molecular flexibility index (Phi) is 3.87. The summed E-state index contributed by atoms with van der Waals surface area (Å²) in [6.07, 6.45) is 1.86. The molecule has 1 aromatic carbocycles. The van der Waals surface area contributed by atoms with Crippen molar-refractivity contribution in [3.63, 3.8) is 0 Å². The molecule has 1 saturated heterocycles. The van der Waals surface area contributed by atoms with E-state index in [0.29, 0.717) is 18.2 Å². The third kappa shape index (κ3) is 2.62. The number of nitrogens with zero attached hydrogens (tertiary/aromatic N) is 1. The maximum absolute atomic E-state index is 12.7. The van der Waals surface area contributed by atoms with Crippen LogP contribution < -0.4 is 5.73 Å². The zero-order chi connectivity index (χ0) is 14.2. The fourth-order valence-corrected chi connectivity index (χ4v) is 4.68. The van der Waals surface area contributed by atoms with Crippen LogP contribution in [0.5, 0.6) is 0 Å². The molecule has 0 spiro atoms. The number of nitrogen functional groups attached to an aromatic ring is 1. The molecule has 1 fully saturated rings. The van der Waals surface area contributed by atoms with Crippen LogP contribution in [0.1, 0.15) is 32.3 Å². The second-order valence-electron chi connectivity index (χ2n) is 5.61. The van der Waals surface area contributed by atoms with Crippen molar-refractivity contribution < 1.29 is 8.42 Å². The van der Waals surface area contributed by atoms with E-state index >= 15 is 0 Å². The quantitative estimate of drug-likeness (QED) is 0.866. The third-order valence-electron chi connectivity index (χ3n) is 3.77. The molecule has 4 nitrogen and oxygen atoms in total. The average Bonchev–Trinajstić information content (AvgIpc) is 2.77. The molecule has 0 aliphatic carbocycles. The molecule has 1 aliphatic heterocycles. The second kappa shape index (κ2) is 5.13. The first-order valence-corrected chi connectivity index (χ1v) is 8.16. The molecule has 2 rings (SSSR count). The fourth-order valence-electron chi connectivity index (χ4n) is 2.76. The molecule has 0 saturated carbocycles. The van der Waals surface area contributed by atoms with E-state index in [1.54, 1.807) is 22.5 Å². The summed E-state index contributed by atoms with van der Waals surface area (Å²) in [7, 11) is -3.47. The Morgan fingerprint density at radius 1 is 1.37 bits per heavy atom. The lowest BCUT2D eigenvalue weighted by Crippen LogP contribution is -2.38. The highest BCUT2D eigenvalue weighted by Crippen LogP contribution is 2.32. The van der Waals surface area contributed by atoms with Gasteiger partial charge in [0.2, 0.25) is 10.0 Å². The number of sulfonamides is 1. The molecule has 2 N–H and O–H groups in total. The third-order valence-corrected chi connectivity index (χ3v) is 5.77. The molecule has 1 aromatic rings. The van der Waals surface area contributed by atoms with E-state index in [1.807, 2.05) is 6.92 Å². The summed E-state index contributed by atoms with van der Waals surface area (Å²) >= 11 is 0. The van der Waals surface area contributed by atoms with E-state index in [2.05, 4.69) is 13.8 Å². The van der Waals surface area contributed by atoms with Crippen LogP contribution in [0.4, 0.5) is 5.69 Å². The molecule has 1 unspecified atom stereocenters. The Bertz CT molecular complexity index is 567. The molecule has 5 heteroatoms. The number of rotatable bonds is 3. The van der Waals surface area contributed by atoms with E-state index in [4.69, 9.17) is 5.73 Å². The van der Waals surface area contributed by atoms with Crippen molar-refractivity contribution >= 4 is 15.7 Å². The van der Waals surface area contributed by atoms with Gasteiger partial charge < -0.3 is 5.73 Å². The highest BCUT2D eigenvalue weighted by molar-refractivity contribution is 7.89. The standard InChI is InChI=1S/C14H22N2O2S/c1-10(2)13-5-4-8-16(13)19(17,18)14-7-6-11(3)9-12(14)15/h6-7,9-10,13H,4-5,8,15H2,1-3H3. The lowest BCUT2D eigenvalue weighted by Gasteiger charge is -2.27. The maximum Gasteiger partial charge on any atom is 0.245 e. The lowest BCUT2D eigenvalue weighted by molar-refractivity contribution is 0.316. The van der Waals surface area contributed by atoms with Gasteiger partial charge in [0, 0.05) is 12.6 Å². The molecule has 19 heavy (non-hydrogen) atoms. The molecule has 0 radical (unpaired) electrons. The van der Waals surface area contributed by atoms with Gasteiger partial charge in [0.15, 0.2) is 0 Å². The SMILES string of the molecule is Cc1ccc(S(=O)(=O)N2CCCC2C(C)C)c(N)c1. The summed E-state index contributed by atoms with van der Waals surface area (Å²) in [6, 6.07) is 5.22. The monoisotopic (exact) mass is 282 g/mol. The number of nitrogens with two attached hydrogens (primary N) is 1. The van der Waals surface area contributed by atoms with Gasteiger partial charge in [-0.2, -0.15) is 4.31 Å². The van der Waals surface area contributed by atoms with Crippen LogP contribution in [-0.2, 0) is 10.0 Å². The van der Waals surface area contributed by atoms with Gasteiger partial charge in [-0.05, 0) is 43.4 Å². The molecule has 106 valence electrons. The second-order valence-corrected chi connectivity index (χ2v) is 7.47. The van der Waals surface area contributed by atoms with Crippen LogP contribution in [0.15, 0.2) is 23.1 Å².